The topological polar surface area (TPSA) is 29.5 Å². The molecule has 1 unspecified atom stereocenters. The maximum atomic E-state index is 12.0. The molecule has 21 heavy (non-hydrogen) atoms. The number of hydrogen-bond donors (Lipinski definition) is 0. The number of anilines is 1. The van der Waals surface area contributed by atoms with Gasteiger partial charge in [0.15, 0.2) is 0 Å². The Kier molecular flexibility index (Phi) is 7.27. The summed E-state index contributed by atoms with van der Waals surface area (Å²) in [5.41, 5.74) is 2.94. The molecule has 1 aromatic rings. The third kappa shape index (κ3) is 5.07. The number of hydrogen-bond acceptors (Lipinski definition) is 3. The van der Waals surface area contributed by atoms with Crippen molar-refractivity contribution in [3.63, 3.8) is 0 Å². The first-order chi connectivity index (χ1) is 10.0. The van der Waals surface area contributed by atoms with Crippen molar-refractivity contribution in [1.29, 1.82) is 0 Å². The van der Waals surface area contributed by atoms with E-state index in [9.17, 15) is 4.79 Å². The zero-order chi connectivity index (χ0) is 15.8. The Bertz CT molecular complexity index is 455. The monoisotopic (exact) mass is 291 g/mol. The number of methoxy groups -OCH3 is 1. The van der Waals surface area contributed by atoms with E-state index in [1.165, 1.54) is 26.4 Å². The number of nitrogens with zero attached hydrogens (tertiary/aromatic N) is 1. The van der Waals surface area contributed by atoms with E-state index >= 15 is 0 Å². The molecule has 0 aliphatic heterocycles. The fourth-order valence-electron chi connectivity index (χ4n) is 2.59. The summed E-state index contributed by atoms with van der Waals surface area (Å²) >= 11 is 0. The van der Waals surface area contributed by atoms with Crippen molar-refractivity contribution in [2.45, 2.75) is 46.0 Å². The number of benzene rings is 1. The lowest BCUT2D eigenvalue weighted by Gasteiger charge is -2.19. The predicted molar refractivity (Wildman–Crippen MR) is 89.1 cm³/mol. The van der Waals surface area contributed by atoms with Crippen molar-refractivity contribution >= 4 is 11.7 Å². The highest BCUT2D eigenvalue weighted by Crippen LogP contribution is 2.25. The molecule has 0 aliphatic rings. The third-order valence-electron chi connectivity index (χ3n) is 4.06. The molecule has 0 radical (unpaired) electrons. The van der Waals surface area contributed by atoms with Gasteiger partial charge in [0.1, 0.15) is 0 Å². The summed E-state index contributed by atoms with van der Waals surface area (Å²) in [7, 11) is 5.48. The average Bonchev–Trinajstić information content (AvgIpc) is 2.50. The zero-order valence-corrected chi connectivity index (χ0v) is 14.1. The standard InChI is InChI=1S/C18H29NO2/c1-6-8-9-14(7-2)12-15-13-16(19(3)4)10-11-17(15)18(20)21-5/h10-11,13-14H,6-9,12H2,1-5H3. The van der Waals surface area contributed by atoms with Gasteiger partial charge in [0.05, 0.1) is 12.7 Å². The Morgan fingerprint density at radius 1 is 1.29 bits per heavy atom. The van der Waals surface area contributed by atoms with Gasteiger partial charge in [-0.1, -0.05) is 39.5 Å². The van der Waals surface area contributed by atoms with E-state index in [1.54, 1.807) is 0 Å². The first-order valence-corrected chi connectivity index (χ1v) is 7.92. The summed E-state index contributed by atoms with van der Waals surface area (Å²) in [5, 5.41) is 0. The number of rotatable bonds is 8. The molecule has 0 saturated carbocycles. The highest BCUT2D eigenvalue weighted by molar-refractivity contribution is 5.91. The van der Waals surface area contributed by atoms with Gasteiger partial charge >= 0.3 is 5.97 Å². The Balaban J connectivity index is 3.04. The van der Waals surface area contributed by atoms with Crippen molar-refractivity contribution in [2.24, 2.45) is 5.92 Å². The third-order valence-corrected chi connectivity index (χ3v) is 4.06. The lowest BCUT2D eigenvalue weighted by atomic mass is 9.89. The summed E-state index contributed by atoms with van der Waals surface area (Å²) in [4.78, 5) is 14.0. The van der Waals surface area contributed by atoms with E-state index in [1.807, 2.05) is 26.2 Å². The van der Waals surface area contributed by atoms with Crippen LogP contribution in [0.15, 0.2) is 18.2 Å². The Labute approximate surface area is 129 Å². The second-order valence-electron chi connectivity index (χ2n) is 5.85. The predicted octanol–water partition coefficient (Wildman–Crippen LogP) is 4.30. The molecule has 0 heterocycles. The molecule has 3 nitrogen and oxygen atoms in total. The number of carbonyl (C=O) groups excluding carboxylic acids is 1. The van der Waals surface area contributed by atoms with Crippen LogP contribution in [0.4, 0.5) is 5.69 Å². The lowest BCUT2D eigenvalue weighted by molar-refractivity contribution is 0.0599. The second-order valence-corrected chi connectivity index (χ2v) is 5.85. The molecule has 0 amide bonds. The Hall–Kier alpha value is -1.51. The molecule has 0 saturated heterocycles. The van der Waals surface area contributed by atoms with E-state index in [-0.39, 0.29) is 5.97 Å². The fourth-order valence-corrected chi connectivity index (χ4v) is 2.59. The van der Waals surface area contributed by atoms with Crippen LogP contribution in [0.2, 0.25) is 0 Å². The minimum absolute atomic E-state index is 0.236. The smallest absolute Gasteiger partial charge is 0.338 e. The van der Waals surface area contributed by atoms with Gasteiger partial charge in [0, 0.05) is 19.8 Å². The van der Waals surface area contributed by atoms with Gasteiger partial charge in [-0.3, -0.25) is 0 Å². The minimum Gasteiger partial charge on any atom is -0.465 e. The van der Waals surface area contributed by atoms with E-state index in [4.69, 9.17) is 4.74 Å². The first kappa shape index (κ1) is 17.5. The molecule has 0 fully saturated rings. The van der Waals surface area contributed by atoms with Gasteiger partial charge in [0.25, 0.3) is 0 Å². The molecule has 0 spiro atoms. The van der Waals surface area contributed by atoms with Crippen molar-refractivity contribution in [2.75, 3.05) is 26.1 Å². The number of ether oxygens (including phenoxy) is 1. The summed E-state index contributed by atoms with van der Waals surface area (Å²) < 4.78 is 4.92. The fraction of sp³-hybridized carbons (Fsp3) is 0.611. The summed E-state index contributed by atoms with van der Waals surface area (Å²) in [5.74, 6) is 0.395. The Morgan fingerprint density at radius 3 is 2.52 bits per heavy atom. The Morgan fingerprint density at radius 2 is 2.00 bits per heavy atom. The molecule has 1 rings (SSSR count). The van der Waals surface area contributed by atoms with Crippen LogP contribution in [0.1, 0.15) is 55.5 Å². The minimum atomic E-state index is -0.236. The lowest BCUT2D eigenvalue weighted by Crippen LogP contribution is -2.14. The van der Waals surface area contributed by atoms with Gasteiger partial charge < -0.3 is 9.64 Å². The van der Waals surface area contributed by atoms with E-state index < -0.39 is 0 Å². The van der Waals surface area contributed by atoms with Crippen LogP contribution >= 0.6 is 0 Å². The molecule has 1 atom stereocenters. The van der Waals surface area contributed by atoms with E-state index in [0.717, 1.165) is 24.1 Å². The van der Waals surface area contributed by atoms with Gasteiger partial charge in [-0.15, -0.1) is 0 Å². The summed E-state index contributed by atoms with van der Waals surface area (Å²) in [6, 6.07) is 5.99. The first-order valence-electron chi connectivity index (χ1n) is 7.92. The van der Waals surface area contributed by atoms with Crippen LogP contribution in [-0.4, -0.2) is 27.2 Å². The molecule has 1 aromatic carbocycles. The van der Waals surface area contributed by atoms with Crippen LogP contribution < -0.4 is 4.90 Å². The summed E-state index contributed by atoms with van der Waals surface area (Å²) in [6.45, 7) is 4.45. The molecule has 0 aromatic heterocycles. The second kappa shape index (κ2) is 8.71. The van der Waals surface area contributed by atoms with Gasteiger partial charge in [-0.05, 0) is 36.1 Å². The van der Waals surface area contributed by atoms with Crippen molar-refractivity contribution < 1.29 is 9.53 Å². The van der Waals surface area contributed by atoms with E-state index in [2.05, 4.69) is 24.8 Å². The molecule has 0 N–H and O–H groups in total. The van der Waals surface area contributed by atoms with Crippen LogP contribution in [0.5, 0.6) is 0 Å². The highest BCUT2D eigenvalue weighted by Gasteiger charge is 2.16. The molecule has 118 valence electrons. The number of esters is 1. The van der Waals surface area contributed by atoms with E-state index in [0.29, 0.717) is 11.5 Å². The van der Waals surface area contributed by atoms with Gasteiger partial charge in [-0.2, -0.15) is 0 Å². The zero-order valence-electron chi connectivity index (χ0n) is 14.1. The normalized spacial score (nSPS) is 12.0. The molecular weight excluding hydrogens is 262 g/mol. The molecule has 0 bridgehead atoms. The van der Waals surface area contributed by atoms with Gasteiger partial charge in [0.2, 0.25) is 0 Å². The number of carbonyl (C=O) groups is 1. The molecule has 3 heteroatoms. The molecule has 0 aliphatic carbocycles. The van der Waals surface area contributed by atoms with Crippen LogP contribution in [0.3, 0.4) is 0 Å². The molecular formula is C18H29NO2. The van der Waals surface area contributed by atoms with Crippen molar-refractivity contribution in [3.8, 4) is 0 Å². The maximum Gasteiger partial charge on any atom is 0.338 e. The van der Waals surface area contributed by atoms with Crippen molar-refractivity contribution in [3.05, 3.63) is 29.3 Å². The van der Waals surface area contributed by atoms with Crippen LogP contribution in [-0.2, 0) is 11.2 Å². The average molecular weight is 291 g/mol. The SMILES string of the molecule is CCCCC(CC)Cc1cc(N(C)C)ccc1C(=O)OC. The van der Waals surface area contributed by atoms with Gasteiger partial charge in [-0.25, -0.2) is 4.79 Å². The highest BCUT2D eigenvalue weighted by atomic mass is 16.5. The largest absolute Gasteiger partial charge is 0.465 e. The van der Waals surface area contributed by atoms with Crippen LogP contribution in [0.25, 0.3) is 0 Å². The van der Waals surface area contributed by atoms with Crippen molar-refractivity contribution in [1.82, 2.24) is 0 Å². The number of unbranched alkanes of at least 4 members (excludes halogenated alkanes) is 1. The van der Waals surface area contributed by atoms with Crippen LogP contribution in [0, 0.1) is 5.92 Å². The summed E-state index contributed by atoms with van der Waals surface area (Å²) in [6.07, 6.45) is 5.78. The maximum absolute atomic E-state index is 12.0. The quantitative estimate of drug-likeness (QED) is 0.669.